The van der Waals surface area contributed by atoms with Crippen molar-refractivity contribution in [3.05, 3.63) is 17.0 Å². The minimum absolute atomic E-state index is 0.348. The van der Waals surface area contributed by atoms with Crippen molar-refractivity contribution in [1.29, 1.82) is 0 Å². The molecule has 0 bridgehead atoms. The highest BCUT2D eigenvalue weighted by Crippen LogP contribution is 2.20. The van der Waals surface area contributed by atoms with Gasteiger partial charge in [-0.2, -0.15) is 11.8 Å². The summed E-state index contributed by atoms with van der Waals surface area (Å²) in [6.07, 6.45) is 0.854. The Hall–Kier alpha value is -0.0800. The van der Waals surface area contributed by atoms with Crippen LogP contribution in [0.4, 0.5) is 0 Å². The van der Waals surface area contributed by atoms with Crippen molar-refractivity contribution in [3.8, 4) is 0 Å². The molecule has 0 saturated heterocycles. The number of nitrogens with one attached hydrogen (secondary N) is 1. The van der Waals surface area contributed by atoms with Crippen LogP contribution < -0.4 is 10.5 Å². The lowest BCUT2D eigenvalue weighted by molar-refractivity contribution is 0.583. The van der Waals surface area contributed by atoms with Gasteiger partial charge in [0.1, 0.15) is 4.21 Å². The summed E-state index contributed by atoms with van der Waals surface area (Å²) in [5, 5.41) is 0. The zero-order valence-electron chi connectivity index (χ0n) is 9.81. The summed E-state index contributed by atoms with van der Waals surface area (Å²) in [7, 11) is -3.33. The molecular weight excluding hydrogens is 276 g/mol. The highest BCUT2D eigenvalue weighted by atomic mass is 32.2. The highest BCUT2D eigenvalue weighted by molar-refractivity contribution is 7.99. The molecule has 7 heteroatoms. The van der Waals surface area contributed by atoms with E-state index in [1.807, 2.05) is 11.8 Å². The number of sulfonamides is 1. The van der Waals surface area contributed by atoms with Crippen molar-refractivity contribution in [1.82, 2.24) is 4.72 Å². The molecule has 3 N–H and O–H groups in total. The lowest BCUT2D eigenvalue weighted by atomic mass is 10.5. The lowest BCUT2D eigenvalue weighted by Gasteiger charge is -2.03. The monoisotopic (exact) mass is 294 g/mol. The predicted molar refractivity (Wildman–Crippen MR) is 75.0 cm³/mol. The van der Waals surface area contributed by atoms with Crippen LogP contribution in [0.2, 0.25) is 0 Å². The molecule has 0 amide bonds. The molecule has 0 aliphatic heterocycles. The van der Waals surface area contributed by atoms with Crippen molar-refractivity contribution in [2.45, 2.75) is 24.1 Å². The van der Waals surface area contributed by atoms with Gasteiger partial charge in [-0.15, -0.1) is 11.3 Å². The Morgan fingerprint density at radius 3 is 2.82 bits per heavy atom. The Bertz CT molecular complexity index is 429. The third-order valence-corrected chi connectivity index (χ3v) is 6.11. The van der Waals surface area contributed by atoms with Crippen LogP contribution in [0.25, 0.3) is 0 Å². The Morgan fingerprint density at radius 1 is 1.47 bits per heavy atom. The van der Waals surface area contributed by atoms with E-state index in [2.05, 4.69) is 11.6 Å². The molecule has 1 aromatic rings. The van der Waals surface area contributed by atoms with E-state index in [4.69, 9.17) is 5.73 Å². The normalized spacial score (nSPS) is 11.9. The van der Waals surface area contributed by atoms with E-state index in [-0.39, 0.29) is 0 Å². The smallest absolute Gasteiger partial charge is 0.250 e. The van der Waals surface area contributed by atoms with E-state index in [0.29, 0.717) is 17.3 Å². The minimum Gasteiger partial charge on any atom is -0.326 e. The van der Waals surface area contributed by atoms with Gasteiger partial charge in [0.2, 0.25) is 10.0 Å². The maximum absolute atomic E-state index is 11.8. The highest BCUT2D eigenvalue weighted by Gasteiger charge is 2.15. The molecular formula is C10H18N2O2S3. The van der Waals surface area contributed by atoms with Gasteiger partial charge < -0.3 is 5.73 Å². The molecule has 1 heterocycles. The molecule has 0 aromatic carbocycles. The van der Waals surface area contributed by atoms with Gasteiger partial charge in [0.25, 0.3) is 0 Å². The van der Waals surface area contributed by atoms with E-state index >= 15 is 0 Å². The summed E-state index contributed by atoms with van der Waals surface area (Å²) in [6, 6.07) is 3.36. The first-order valence-electron chi connectivity index (χ1n) is 5.46. The summed E-state index contributed by atoms with van der Waals surface area (Å²) in [6.45, 7) is 2.97. The molecule has 98 valence electrons. The first-order chi connectivity index (χ1) is 8.10. The standard InChI is InChI=1S/C10H18N2O2S3/c1-2-15-7-3-6-12-17(13,14)10-5-4-9(8-11)16-10/h4-5,12H,2-3,6-8,11H2,1H3. The Kier molecular flexibility index (Phi) is 6.50. The Labute approximate surface area is 111 Å². The molecule has 0 spiro atoms. The van der Waals surface area contributed by atoms with Gasteiger partial charge in [0.05, 0.1) is 0 Å². The maximum atomic E-state index is 11.8. The average Bonchev–Trinajstić information content (AvgIpc) is 2.78. The van der Waals surface area contributed by atoms with E-state index in [1.165, 1.54) is 11.3 Å². The molecule has 17 heavy (non-hydrogen) atoms. The second-order valence-electron chi connectivity index (χ2n) is 3.37. The van der Waals surface area contributed by atoms with Gasteiger partial charge in [-0.1, -0.05) is 6.92 Å². The van der Waals surface area contributed by atoms with E-state index in [0.717, 1.165) is 22.8 Å². The topological polar surface area (TPSA) is 72.2 Å². The molecule has 1 aromatic heterocycles. The quantitative estimate of drug-likeness (QED) is 0.715. The lowest BCUT2D eigenvalue weighted by Crippen LogP contribution is -2.24. The summed E-state index contributed by atoms with van der Waals surface area (Å²) < 4.78 is 26.6. The first kappa shape index (κ1) is 15.0. The fourth-order valence-corrected chi connectivity index (χ4v) is 4.20. The van der Waals surface area contributed by atoms with Crippen LogP contribution in [-0.4, -0.2) is 26.5 Å². The predicted octanol–water partition coefficient (Wildman–Crippen LogP) is 1.63. The van der Waals surface area contributed by atoms with Gasteiger partial charge in [-0.25, -0.2) is 13.1 Å². The second kappa shape index (κ2) is 7.38. The first-order valence-corrected chi connectivity index (χ1v) is 8.91. The molecule has 1 rings (SSSR count). The molecule has 0 fully saturated rings. The fourth-order valence-electron chi connectivity index (χ4n) is 1.21. The van der Waals surface area contributed by atoms with E-state index < -0.39 is 10.0 Å². The van der Waals surface area contributed by atoms with Gasteiger partial charge in [-0.05, 0) is 30.1 Å². The van der Waals surface area contributed by atoms with Crippen molar-refractivity contribution in [2.24, 2.45) is 5.73 Å². The summed E-state index contributed by atoms with van der Waals surface area (Å²) in [5.74, 6) is 2.05. The van der Waals surface area contributed by atoms with Crippen LogP contribution in [0.5, 0.6) is 0 Å². The summed E-state index contributed by atoms with van der Waals surface area (Å²) >= 11 is 3.04. The third kappa shape index (κ3) is 4.97. The van der Waals surface area contributed by atoms with Crippen LogP contribution >= 0.6 is 23.1 Å². The summed E-state index contributed by atoms with van der Waals surface area (Å²) in [4.78, 5) is 0.881. The Morgan fingerprint density at radius 2 is 2.24 bits per heavy atom. The van der Waals surface area contributed by atoms with Crippen LogP contribution in [0.3, 0.4) is 0 Å². The molecule has 4 nitrogen and oxygen atoms in total. The van der Waals surface area contributed by atoms with Gasteiger partial charge in [0, 0.05) is 18.0 Å². The van der Waals surface area contributed by atoms with Crippen molar-refractivity contribution in [3.63, 3.8) is 0 Å². The third-order valence-electron chi connectivity index (χ3n) is 2.06. The zero-order valence-corrected chi connectivity index (χ0v) is 12.3. The fraction of sp³-hybridized carbons (Fsp3) is 0.600. The van der Waals surface area contributed by atoms with E-state index in [1.54, 1.807) is 12.1 Å². The zero-order chi connectivity index (χ0) is 12.7. The second-order valence-corrected chi connectivity index (χ2v) is 7.93. The van der Waals surface area contributed by atoms with Crippen LogP contribution in [-0.2, 0) is 16.6 Å². The molecule has 0 unspecified atom stereocenters. The van der Waals surface area contributed by atoms with E-state index in [9.17, 15) is 8.42 Å². The van der Waals surface area contributed by atoms with Crippen molar-refractivity contribution < 1.29 is 8.42 Å². The van der Waals surface area contributed by atoms with Gasteiger partial charge >= 0.3 is 0 Å². The van der Waals surface area contributed by atoms with Crippen LogP contribution in [0.15, 0.2) is 16.3 Å². The number of hydrogen-bond donors (Lipinski definition) is 2. The average molecular weight is 294 g/mol. The number of hydrogen-bond acceptors (Lipinski definition) is 5. The van der Waals surface area contributed by atoms with Crippen LogP contribution in [0, 0.1) is 0 Å². The minimum atomic E-state index is -3.33. The summed E-state index contributed by atoms with van der Waals surface area (Å²) in [5.41, 5.74) is 5.45. The molecule has 0 atom stereocenters. The molecule has 0 radical (unpaired) electrons. The van der Waals surface area contributed by atoms with Gasteiger partial charge in [-0.3, -0.25) is 0 Å². The maximum Gasteiger partial charge on any atom is 0.250 e. The number of thioether (sulfide) groups is 1. The Balaban J connectivity index is 2.45. The van der Waals surface area contributed by atoms with Gasteiger partial charge in [0.15, 0.2) is 0 Å². The molecule has 0 saturated carbocycles. The number of rotatable bonds is 8. The molecule has 0 aliphatic carbocycles. The van der Waals surface area contributed by atoms with Crippen LogP contribution in [0.1, 0.15) is 18.2 Å². The van der Waals surface area contributed by atoms with Crippen molar-refractivity contribution >= 4 is 33.1 Å². The van der Waals surface area contributed by atoms with Crippen molar-refractivity contribution in [2.75, 3.05) is 18.1 Å². The SMILES string of the molecule is CCSCCCNS(=O)(=O)c1ccc(CN)s1. The number of thiophene rings is 1. The largest absolute Gasteiger partial charge is 0.326 e. The molecule has 0 aliphatic rings. The number of nitrogens with two attached hydrogens (primary N) is 1.